The average molecular weight is 252 g/mol. The first-order valence-electron chi connectivity index (χ1n) is 5.99. The number of para-hydroxylation sites is 1. The minimum Gasteiger partial charge on any atom is -0.394 e. The third-order valence-electron chi connectivity index (χ3n) is 2.30. The molecule has 0 saturated heterocycles. The lowest BCUT2D eigenvalue weighted by Crippen LogP contribution is -2.21. The summed E-state index contributed by atoms with van der Waals surface area (Å²) in [6, 6.07) is 7.66. The van der Waals surface area contributed by atoms with E-state index in [0.717, 1.165) is 11.3 Å². The summed E-state index contributed by atoms with van der Waals surface area (Å²) in [5.74, 6) is -0.0753. The highest BCUT2D eigenvalue weighted by Crippen LogP contribution is 2.14. The van der Waals surface area contributed by atoms with Gasteiger partial charge in [-0.15, -0.1) is 0 Å². The van der Waals surface area contributed by atoms with E-state index in [1.165, 1.54) is 6.92 Å². The van der Waals surface area contributed by atoms with E-state index in [2.05, 4.69) is 10.6 Å². The molecule has 5 heteroatoms. The van der Waals surface area contributed by atoms with Crippen molar-refractivity contribution in [2.75, 3.05) is 31.7 Å². The van der Waals surface area contributed by atoms with Crippen LogP contribution >= 0.6 is 0 Å². The molecule has 18 heavy (non-hydrogen) atoms. The Labute approximate surface area is 107 Å². The molecule has 0 aliphatic rings. The SMILES string of the molecule is CC(=O)Nc1ccccc1CNCCOCCO. The normalized spacial score (nSPS) is 10.3. The van der Waals surface area contributed by atoms with Gasteiger partial charge in [0, 0.05) is 25.7 Å². The lowest BCUT2D eigenvalue weighted by molar-refractivity contribution is -0.114. The van der Waals surface area contributed by atoms with Crippen molar-refractivity contribution in [1.82, 2.24) is 5.32 Å². The predicted octanol–water partition coefficient (Wildman–Crippen LogP) is 0.743. The number of hydrogen-bond donors (Lipinski definition) is 3. The molecule has 1 aromatic carbocycles. The van der Waals surface area contributed by atoms with Crippen LogP contribution in [-0.4, -0.2) is 37.4 Å². The molecule has 0 bridgehead atoms. The first-order valence-corrected chi connectivity index (χ1v) is 5.99. The van der Waals surface area contributed by atoms with Crippen molar-refractivity contribution in [3.05, 3.63) is 29.8 Å². The van der Waals surface area contributed by atoms with Gasteiger partial charge in [0.05, 0.1) is 19.8 Å². The Kier molecular flexibility index (Phi) is 7.01. The Morgan fingerprint density at radius 2 is 2.11 bits per heavy atom. The molecular formula is C13H20N2O3. The van der Waals surface area contributed by atoms with E-state index in [9.17, 15) is 4.79 Å². The predicted molar refractivity (Wildman–Crippen MR) is 70.4 cm³/mol. The Balaban J connectivity index is 2.34. The molecule has 1 aromatic rings. The third-order valence-corrected chi connectivity index (χ3v) is 2.30. The van der Waals surface area contributed by atoms with Gasteiger partial charge in [0.25, 0.3) is 0 Å². The number of hydrogen-bond acceptors (Lipinski definition) is 4. The Morgan fingerprint density at radius 3 is 2.83 bits per heavy atom. The monoisotopic (exact) mass is 252 g/mol. The maximum atomic E-state index is 11.0. The summed E-state index contributed by atoms with van der Waals surface area (Å²) in [4.78, 5) is 11.0. The number of rotatable bonds is 8. The van der Waals surface area contributed by atoms with Crippen molar-refractivity contribution >= 4 is 11.6 Å². The highest BCUT2D eigenvalue weighted by Gasteiger charge is 2.02. The largest absolute Gasteiger partial charge is 0.394 e. The summed E-state index contributed by atoms with van der Waals surface area (Å²) < 4.78 is 5.13. The summed E-state index contributed by atoms with van der Waals surface area (Å²) in [5, 5.41) is 14.5. The quantitative estimate of drug-likeness (QED) is 0.597. The van der Waals surface area contributed by atoms with Crippen LogP contribution in [0.4, 0.5) is 5.69 Å². The van der Waals surface area contributed by atoms with Gasteiger partial charge in [0.1, 0.15) is 0 Å². The molecule has 0 fully saturated rings. The van der Waals surface area contributed by atoms with Crippen LogP contribution in [-0.2, 0) is 16.1 Å². The van der Waals surface area contributed by atoms with E-state index in [0.29, 0.717) is 26.3 Å². The van der Waals surface area contributed by atoms with E-state index >= 15 is 0 Å². The molecule has 3 N–H and O–H groups in total. The minimum atomic E-state index is -0.0753. The molecule has 1 rings (SSSR count). The van der Waals surface area contributed by atoms with Crippen LogP contribution in [0, 0.1) is 0 Å². The number of nitrogens with one attached hydrogen (secondary N) is 2. The zero-order valence-electron chi connectivity index (χ0n) is 10.6. The molecule has 0 aliphatic heterocycles. The Morgan fingerprint density at radius 1 is 1.33 bits per heavy atom. The number of amides is 1. The number of aliphatic hydroxyl groups is 1. The zero-order chi connectivity index (χ0) is 13.2. The Bertz CT molecular complexity index is 369. The number of ether oxygens (including phenoxy) is 1. The topological polar surface area (TPSA) is 70.6 Å². The van der Waals surface area contributed by atoms with Crippen LogP contribution in [0.2, 0.25) is 0 Å². The summed E-state index contributed by atoms with van der Waals surface area (Å²) >= 11 is 0. The van der Waals surface area contributed by atoms with Crippen LogP contribution < -0.4 is 10.6 Å². The molecule has 1 amide bonds. The number of carbonyl (C=O) groups excluding carboxylic acids is 1. The van der Waals surface area contributed by atoms with E-state index in [1.807, 2.05) is 24.3 Å². The third kappa shape index (κ3) is 5.77. The molecule has 0 unspecified atom stereocenters. The number of anilines is 1. The van der Waals surface area contributed by atoms with Crippen LogP contribution in [0.25, 0.3) is 0 Å². The molecule has 0 radical (unpaired) electrons. The first kappa shape index (κ1) is 14.6. The van der Waals surface area contributed by atoms with Gasteiger partial charge < -0.3 is 20.5 Å². The van der Waals surface area contributed by atoms with Crippen LogP contribution in [0.1, 0.15) is 12.5 Å². The van der Waals surface area contributed by atoms with Gasteiger partial charge in [-0.25, -0.2) is 0 Å². The van der Waals surface area contributed by atoms with E-state index in [-0.39, 0.29) is 12.5 Å². The molecular weight excluding hydrogens is 232 g/mol. The van der Waals surface area contributed by atoms with Crippen molar-refractivity contribution in [1.29, 1.82) is 0 Å². The zero-order valence-corrected chi connectivity index (χ0v) is 10.6. The van der Waals surface area contributed by atoms with Crippen LogP contribution in [0.3, 0.4) is 0 Å². The van der Waals surface area contributed by atoms with E-state index < -0.39 is 0 Å². The standard InChI is InChI=1S/C13H20N2O3/c1-11(17)15-13-5-3-2-4-12(13)10-14-6-8-18-9-7-16/h2-5,14,16H,6-10H2,1H3,(H,15,17). The first-order chi connectivity index (χ1) is 8.74. The van der Waals surface area contributed by atoms with Crippen molar-refractivity contribution in [2.45, 2.75) is 13.5 Å². The maximum Gasteiger partial charge on any atom is 0.221 e. The number of benzene rings is 1. The molecule has 100 valence electrons. The second-order valence-corrected chi connectivity index (χ2v) is 3.85. The Hall–Kier alpha value is -1.43. The highest BCUT2D eigenvalue weighted by atomic mass is 16.5. The van der Waals surface area contributed by atoms with Crippen molar-refractivity contribution in [3.63, 3.8) is 0 Å². The molecule has 0 atom stereocenters. The number of aliphatic hydroxyl groups excluding tert-OH is 1. The summed E-state index contributed by atoms with van der Waals surface area (Å²) in [7, 11) is 0. The van der Waals surface area contributed by atoms with Gasteiger partial charge >= 0.3 is 0 Å². The lowest BCUT2D eigenvalue weighted by atomic mass is 10.1. The van der Waals surface area contributed by atoms with Gasteiger partial charge in [0.15, 0.2) is 0 Å². The summed E-state index contributed by atoms with van der Waals surface area (Å²) in [6.45, 7) is 3.83. The summed E-state index contributed by atoms with van der Waals surface area (Å²) in [6.07, 6.45) is 0. The fourth-order valence-corrected chi connectivity index (χ4v) is 1.52. The fraction of sp³-hybridized carbons (Fsp3) is 0.462. The average Bonchev–Trinajstić information content (AvgIpc) is 2.35. The van der Waals surface area contributed by atoms with Gasteiger partial charge in [-0.3, -0.25) is 4.79 Å². The smallest absolute Gasteiger partial charge is 0.221 e. The fourth-order valence-electron chi connectivity index (χ4n) is 1.52. The van der Waals surface area contributed by atoms with Crippen LogP contribution in [0.5, 0.6) is 0 Å². The van der Waals surface area contributed by atoms with Gasteiger partial charge in [-0.05, 0) is 11.6 Å². The molecule has 0 aromatic heterocycles. The van der Waals surface area contributed by atoms with Crippen LogP contribution in [0.15, 0.2) is 24.3 Å². The van der Waals surface area contributed by atoms with Crippen molar-refractivity contribution in [3.8, 4) is 0 Å². The molecule has 5 nitrogen and oxygen atoms in total. The molecule has 0 aliphatic carbocycles. The second-order valence-electron chi connectivity index (χ2n) is 3.85. The molecule has 0 spiro atoms. The van der Waals surface area contributed by atoms with Gasteiger partial charge in [-0.1, -0.05) is 18.2 Å². The maximum absolute atomic E-state index is 11.0. The van der Waals surface area contributed by atoms with Gasteiger partial charge in [-0.2, -0.15) is 0 Å². The highest BCUT2D eigenvalue weighted by molar-refractivity contribution is 5.89. The minimum absolute atomic E-state index is 0.0470. The van der Waals surface area contributed by atoms with E-state index in [1.54, 1.807) is 0 Å². The van der Waals surface area contributed by atoms with Gasteiger partial charge in [0.2, 0.25) is 5.91 Å². The second kappa shape index (κ2) is 8.63. The van der Waals surface area contributed by atoms with Crippen molar-refractivity contribution < 1.29 is 14.6 Å². The lowest BCUT2D eigenvalue weighted by Gasteiger charge is -2.10. The molecule has 0 heterocycles. The summed E-state index contributed by atoms with van der Waals surface area (Å²) in [5.41, 5.74) is 1.86. The van der Waals surface area contributed by atoms with E-state index in [4.69, 9.17) is 9.84 Å². The van der Waals surface area contributed by atoms with Crippen molar-refractivity contribution in [2.24, 2.45) is 0 Å². The molecule has 0 saturated carbocycles. The number of carbonyl (C=O) groups is 1.